The van der Waals surface area contributed by atoms with Crippen molar-refractivity contribution in [2.24, 2.45) is 23.7 Å². The van der Waals surface area contributed by atoms with Crippen molar-refractivity contribution >= 4 is 17.1 Å². The first-order valence-electron chi connectivity index (χ1n) is 20.2. The van der Waals surface area contributed by atoms with Gasteiger partial charge in [-0.2, -0.15) is 0 Å². The molecule has 0 amide bonds. The van der Waals surface area contributed by atoms with Crippen LogP contribution in [0.15, 0.2) is 140 Å². The Balaban J connectivity index is 1.02. The van der Waals surface area contributed by atoms with Crippen molar-refractivity contribution in [1.82, 2.24) is 0 Å². The van der Waals surface area contributed by atoms with E-state index in [0.29, 0.717) is 0 Å². The maximum Gasteiger partial charge on any atom is 0.0726 e. The van der Waals surface area contributed by atoms with Gasteiger partial charge >= 0.3 is 0 Å². The van der Waals surface area contributed by atoms with Gasteiger partial charge in [0.1, 0.15) is 0 Å². The summed E-state index contributed by atoms with van der Waals surface area (Å²) in [4.78, 5) is 2.54. The summed E-state index contributed by atoms with van der Waals surface area (Å²) in [6.45, 7) is 0. The Morgan fingerprint density at radius 3 is 1.23 bits per heavy atom. The van der Waals surface area contributed by atoms with Crippen molar-refractivity contribution in [3.8, 4) is 22.3 Å². The van der Waals surface area contributed by atoms with E-state index in [2.05, 4.69) is 144 Å². The van der Waals surface area contributed by atoms with Crippen LogP contribution in [0.1, 0.15) is 96.6 Å². The predicted molar refractivity (Wildman–Crippen MR) is 214 cm³/mol. The summed E-state index contributed by atoms with van der Waals surface area (Å²) in [5, 5.41) is 0. The van der Waals surface area contributed by atoms with Gasteiger partial charge in [0.2, 0.25) is 0 Å². The Morgan fingerprint density at radius 1 is 0.385 bits per heavy atom. The van der Waals surface area contributed by atoms with Gasteiger partial charge in [0.05, 0.1) is 5.41 Å². The maximum absolute atomic E-state index is 2.54. The van der Waals surface area contributed by atoms with Crippen LogP contribution in [-0.2, 0) is 5.41 Å². The molecule has 12 rings (SSSR count). The molecule has 6 atom stereocenters. The van der Waals surface area contributed by atoms with Crippen molar-refractivity contribution < 1.29 is 0 Å². The molecule has 4 fully saturated rings. The van der Waals surface area contributed by atoms with Crippen molar-refractivity contribution in [3.63, 3.8) is 0 Å². The monoisotopic (exact) mass is 671 g/mol. The van der Waals surface area contributed by atoms with Crippen molar-refractivity contribution in [2.45, 2.75) is 68.6 Å². The standard InChI is InChI=1S/C51H45N/c1-4-10-47-41(7-1)42-8-2-5-11-48(42)51(47)49-12-6-3-9-43(49)44-26-25-40(31-50(44)51)52(38-21-17-34(18-22-38)45-29-32-13-15-36(45)27-32)39-23-19-35(20-24-39)46-30-33-14-16-37(46)28-33/h1-12,17-26,31-33,36-37,45-46H,13-16,27-30H2. The smallest absolute Gasteiger partial charge is 0.0726 e. The van der Waals surface area contributed by atoms with Crippen LogP contribution in [0, 0.1) is 23.7 Å². The number of hydrogen-bond acceptors (Lipinski definition) is 1. The molecule has 52 heavy (non-hydrogen) atoms. The summed E-state index contributed by atoms with van der Waals surface area (Å²) in [6.07, 6.45) is 11.4. The van der Waals surface area contributed by atoms with Crippen LogP contribution in [-0.4, -0.2) is 0 Å². The number of hydrogen-bond donors (Lipinski definition) is 0. The minimum Gasteiger partial charge on any atom is -0.310 e. The van der Waals surface area contributed by atoms with Gasteiger partial charge < -0.3 is 4.90 Å². The molecule has 1 heteroatoms. The molecule has 6 aliphatic carbocycles. The topological polar surface area (TPSA) is 3.24 Å². The van der Waals surface area contributed by atoms with Gasteiger partial charge in [0.15, 0.2) is 0 Å². The number of nitrogens with zero attached hydrogens (tertiary/aromatic N) is 1. The summed E-state index contributed by atoms with van der Waals surface area (Å²) in [5.74, 6) is 5.15. The quantitative estimate of drug-likeness (QED) is 0.176. The van der Waals surface area contributed by atoms with E-state index in [1.54, 1.807) is 11.1 Å². The summed E-state index contributed by atoms with van der Waals surface area (Å²) in [7, 11) is 0. The molecular weight excluding hydrogens is 627 g/mol. The predicted octanol–water partition coefficient (Wildman–Crippen LogP) is 13.3. The third-order valence-corrected chi connectivity index (χ3v) is 14.9. The molecule has 0 radical (unpaired) electrons. The molecule has 1 nitrogen and oxygen atoms in total. The normalized spacial score (nSPS) is 26.4. The van der Waals surface area contributed by atoms with E-state index in [-0.39, 0.29) is 5.41 Å². The second kappa shape index (κ2) is 11.1. The van der Waals surface area contributed by atoms with Gasteiger partial charge in [-0.15, -0.1) is 0 Å². The summed E-state index contributed by atoms with van der Waals surface area (Å²) < 4.78 is 0. The minimum atomic E-state index is -0.349. The van der Waals surface area contributed by atoms with Crippen LogP contribution in [0.5, 0.6) is 0 Å². The van der Waals surface area contributed by atoms with Gasteiger partial charge in [0.25, 0.3) is 0 Å². The molecule has 254 valence electrons. The summed E-state index contributed by atoms with van der Waals surface area (Å²) >= 11 is 0. The minimum absolute atomic E-state index is 0.349. The molecule has 0 N–H and O–H groups in total. The fourth-order valence-corrected chi connectivity index (χ4v) is 12.7. The fourth-order valence-electron chi connectivity index (χ4n) is 12.7. The van der Waals surface area contributed by atoms with Gasteiger partial charge in [0, 0.05) is 17.1 Å². The average molecular weight is 672 g/mol. The van der Waals surface area contributed by atoms with Crippen molar-refractivity contribution in [1.29, 1.82) is 0 Å². The molecule has 6 aliphatic rings. The largest absolute Gasteiger partial charge is 0.310 e. The molecule has 0 heterocycles. The molecule has 6 aromatic rings. The molecule has 0 saturated heterocycles. The first-order valence-corrected chi connectivity index (χ1v) is 20.2. The SMILES string of the molecule is c1ccc2c(c1)-c1ccccc1C21c2ccccc2-c2ccc(N(c3ccc(C4CC5CCC4C5)cc3)c3ccc(C4CC5CCC4C5)cc3)cc21. The van der Waals surface area contributed by atoms with Crippen LogP contribution in [0.2, 0.25) is 0 Å². The molecule has 4 saturated carbocycles. The first kappa shape index (κ1) is 29.7. The maximum atomic E-state index is 2.54. The van der Waals surface area contributed by atoms with Crippen LogP contribution in [0.4, 0.5) is 17.1 Å². The average Bonchev–Trinajstić information content (AvgIpc) is 4.08. The van der Waals surface area contributed by atoms with Crippen molar-refractivity contribution in [3.05, 3.63) is 173 Å². The number of rotatable bonds is 5. The molecule has 1 spiro atoms. The third-order valence-electron chi connectivity index (χ3n) is 14.9. The van der Waals surface area contributed by atoms with Crippen LogP contribution < -0.4 is 4.90 Å². The summed E-state index contributed by atoms with van der Waals surface area (Å²) in [6, 6.07) is 54.4. The van der Waals surface area contributed by atoms with Gasteiger partial charge in [-0.25, -0.2) is 0 Å². The zero-order chi connectivity index (χ0) is 34.0. The van der Waals surface area contributed by atoms with E-state index in [1.807, 2.05) is 0 Å². The molecule has 6 unspecified atom stereocenters. The van der Waals surface area contributed by atoms with Crippen LogP contribution in [0.3, 0.4) is 0 Å². The third kappa shape index (κ3) is 4.06. The highest BCUT2D eigenvalue weighted by Crippen LogP contribution is 2.63. The highest BCUT2D eigenvalue weighted by Gasteiger charge is 2.51. The highest BCUT2D eigenvalue weighted by molar-refractivity contribution is 5.96. The number of anilines is 3. The van der Waals surface area contributed by atoms with Gasteiger partial charge in [-0.05, 0) is 166 Å². The Labute approximate surface area is 308 Å². The molecular formula is C51H45N. The molecule has 4 bridgehead atoms. The molecule has 6 aromatic carbocycles. The Hall–Kier alpha value is -4.88. The Kier molecular flexibility index (Phi) is 6.31. The van der Waals surface area contributed by atoms with E-state index >= 15 is 0 Å². The van der Waals surface area contributed by atoms with Gasteiger partial charge in [-0.3, -0.25) is 0 Å². The zero-order valence-electron chi connectivity index (χ0n) is 29.8. The van der Waals surface area contributed by atoms with E-state index in [0.717, 1.165) is 35.5 Å². The lowest BCUT2D eigenvalue weighted by Gasteiger charge is -2.32. The zero-order valence-corrected chi connectivity index (χ0v) is 29.8. The molecule has 0 aliphatic heterocycles. The second-order valence-electron chi connectivity index (χ2n) is 17.2. The van der Waals surface area contributed by atoms with E-state index in [9.17, 15) is 0 Å². The fraction of sp³-hybridized carbons (Fsp3) is 0.294. The number of benzene rings is 6. The first-order chi connectivity index (χ1) is 25.7. The Morgan fingerprint density at radius 2 is 0.808 bits per heavy atom. The van der Waals surface area contributed by atoms with Crippen LogP contribution >= 0.6 is 0 Å². The van der Waals surface area contributed by atoms with Crippen LogP contribution in [0.25, 0.3) is 22.3 Å². The van der Waals surface area contributed by atoms with E-state index in [4.69, 9.17) is 0 Å². The number of fused-ring (bicyclic) bond motifs is 14. The van der Waals surface area contributed by atoms with Gasteiger partial charge in [-0.1, -0.05) is 116 Å². The second-order valence-corrected chi connectivity index (χ2v) is 17.2. The molecule has 0 aromatic heterocycles. The Bertz CT molecular complexity index is 2230. The lowest BCUT2D eigenvalue weighted by atomic mass is 9.70. The lowest BCUT2D eigenvalue weighted by molar-refractivity contribution is 0.420. The van der Waals surface area contributed by atoms with E-state index in [1.165, 1.54) is 113 Å². The summed E-state index contributed by atoms with van der Waals surface area (Å²) in [5.41, 5.74) is 17.5. The lowest BCUT2D eigenvalue weighted by Crippen LogP contribution is -2.26. The highest BCUT2D eigenvalue weighted by atomic mass is 15.1. The van der Waals surface area contributed by atoms with Crippen molar-refractivity contribution in [2.75, 3.05) is 4.90 Å². The van der Waals surface area contributed by atoms with E-state index < -0.39 is 0 Å².